The van der Waals surface area contributed by atoms with Crippen LogP contribution in [-0.4, -0.2) is 37.2 Å². The Balaban J connectivity index is 4.02. The van der Waals surface area contributed by atoms with Crippen molar-refractivity contribution in [2.45, 2.75) is 51.6 Å². The lowest BCUT2D eigenvalue weighted by molar-refractivity contribution is -0.153. The zero-order valence-corrected chi connectivity index (χ0v) is 11.2. The van der Waals surface area contributed by atoms with Crippen molar-refractivity contribution in [3.8, 4) is 0 Å². The smallest absolute Gasteiger partial charge is 0.325 e. The van der Waals surface area contributed by atoms with Gasteiger partial charge in [-0.1, -0.05) is 26.7 Å². The molecule has 0 aromatic heterocycles. The van der Waals surface area contributed by atoms with Crippen LogP contribution in [0.5, 0.6) is 0 Å². The lowest BCUT2D eigenvalue weighted by Crippen LogP contribution is -2.53. The molecule has 0 saturated carbocycles. The van der Waals surface area contributed by atoms with Gasteiger partial charge in [-0.3, -0.25) is 9.59 Å². The van der Waals surface area contributed by atoms with E-state index in [0.717, 1.165) is 25.7 Å². The number of carbonyl (C=O) groups excluding carboxylic acids is 2. The third kappa shape index (κ3) is 6.56. The molecule has 0 aromatic rings. The summed E-state index contributed by atoms with van der Waals surface area (Å²) in [5, 5.41) is 0. The van der Waals surface area contributed by atoms with Crippen LogP contribution < -0.4 is 11.5 Å². The van der Waals surface area contributed by atoms with Crippen LogP contribution in [0.15, 0.2) is 0 Å². The largest absolute Gasteiger partial charge is 0.464 e. The van der Waals surface area contributed by atoms with Crippen molar-refractivity contribution in [1.82, 2.24) is 0 Å². The predicted molar refractivity (Wildman–Crippen MR) is 67.7 cm³/mol. The van der Waals surface area contributed by atoms with Gasteiger partial charge in [-0.05, 0) is 12.8 Å². The van der Waals surface area contributed by atoms with Crippen LogP contribution in [0.2, 0.25) is 0 Å². The summed E-state index contributed by atoms with van der Waals surface area (Å²) >= 11 is 0. The number of esters is 2. The van der Waals surface area contributed by atoms with Gasteiger partial charge in [0.1, 0.15) is 12.1 Å². The topological polar surface area (TPSA) is 105 Å². The lowest BCUT2D eigenvalue weighted by atomic mass is 10.1. The van der Waals surface area contributed by atoms with Gasteiger partial charge in [0.05, 0.1) is 13.2 Å². The van der Waals surface area contributed by atoms with Gasteiger partial charge in [0.25, 0.3) is 0 Å². The van der Waals surface area contributed by atoms with Crippen molar-refractivity contribution >= 4 is 11.9 Å². The van der Waals surface area contributed by atoms with Crippen LogP contribution in [0.3, 0.4) is 0 Å². The number of rotatable bonds is 9. The molecule has 0 rings (SSSR count). The molecule has 0 aliphatic rings. The molecule has 0 saturated heterocycles. The summed E-state index contributed by atoms with van der Waals surface area (Å²) in [6, 6.07) is -2.34. The second-order valence-electron chi connectivity index (χ2n) is 4.09. The molecule has 0 fully saturated rings. The van der Waals surface area contributed by atoms with Crippen molar-refractivity contribution in [2.24, 2.45) is 11.5 Å². The van der Waals surface area contributed by atoms with Gasteiger partial charge in [0, 0.05) is 0 Å². The molecule has 6 nitrogen and oxygen atoms in total. The lowest BCUT2D eigenvalue weighted by Gasteiger charge is -2.17. The van der Waals surface area contributed by atoms with Gasteiger partial charge in [-0.2, -0.15) is 0 Å². The van der Waals surface area contributed by atoms with Gasteiger partial charge in [-0.25, -0.2) is 0 Å². The minimum absolute atomic E-state index is 0.292. The summed E-state index contributed by atoms with van der Waals surface area (Å²) in [6.45, 7) is 4.54. The van der Waals surface area contributed by atoms with E-state index in [0.29, 0.717) is 13.2 Å². The highest BCUT2D eigenvalue weighted by atomic mass is 16.5. The maximum atomic E-state index is 11.5. The third-order valence-electron chi connectivity index (χ3n) is 2.42. The summed E-state index contributed by atoms with van der Waals surface area (Å²) in [6.07, 6.45) is 3.34. The SMILES string of the molecule is CCCCOC(=O)C(N)C(N)C(=O)OCCCC. The van der Waals surface area contributed by atoms with E-state index < -0.39 is 24.0 Å². The zero-order chi connectivity index (χ0) is 14.0. The molecule has 2 unspecified atom stereocenters. The van der Waals surface area contributed by atoms with E-state index in [9.17, 15) is 9.59 Å². The van der Waals surface area contributed by atoms with Crippen molar-refractivity contribution < 1.29 is 19.1 Å². The standard InChI is InChI=1S/C12H24N2O4/c1-3-5-7-17-11(15)9(13)10(14)12(16)18-8-6-4-2/h9-10H,3-8,13-14H2,1-2H3. The molecule has 6 heteroatoms. The van der Waals surface area contributed by atoms with E-state index in [1.54, 1.807) is 0 Å². The molecule has 4 N–H and O–H groups in total. The predicted octanol–water partition coefficient (Wildman–Crippen LogP) is 0.328. The highest BCUT2D eigenvalue weighted by Crippen LogP contribution is 1.98. The van der Waals surface area contributed by atoms with E-state index in [4.69, 9.17) is 20.9 Å². The number of nitrogens with two attached hydrogens (primary N) is 2. The molecular weight excluding hydrogens is 236 g/mol. The Labute approximate surface area is 108 Å². The molecular formula is C12H24N2O4. The van der Waals surface area contributed by atoms with Crippen molar-refractivity contribution in [2.75, 3.05) is 13.2 Å². The van der Waals surface area contributed by atoms with Crippen molar-refractivity contribution in [1.29, 1.82) is 0 Å². The van der Waals surface area contributed by atoms with Crippen LogP contribution in [0.25, 0.3) is 0 Å². The van der Waals surface area contributed by atoms with Crippen molar-refractivity contribution in [3.05, 3.63) is 0 Å². The Hall–Kier alpha value is -1.14. The molecule has 0 bridgehead atoms. The van der Waals surface area contributed by atoms with E-state index in [1.807, 2.05) is 13.8 Å². The minimum Gasteiger partial charge on any atom is -0.464 e. The molecule has 18 heavy (non-hydrogen) atoms. The molecule has 0 aliphatic heterocycles. The molecule has 0 spiro atoms. The fourth-order valence-electron chi connectivity index (χ4n) is 1.12. The summed E-state index contributed by atoms with van der Waals surface area (Å²) in [4.78, 5) is 22.9. The van der Waals surface area contributed by atoms with Gasteiger partial charge in [0.15, 0.2) is 0 Å². The molecule has 2 atom stereocenters. The maximum absolute atomic E-state index is 11.5. The Morgan fingerprint density at radius 2 is 1.22 bits per heavy atom. The van der Waals surface area contributed by atoms with E-state index in [-0.39, 0.29) is 0 Å². The first-order valence-electron chi connectivity index (χ1n) is 6.39. The summed E-state index contributed by atoms with van der Waals surface area (Å²) < 4.78 is 9.78. The average molecular weight is 260 g/mol. The summed E-state index contributed by atoms with van der Waals surface area (Å²) in [5.74, 6) is -1.33. The summed E-state index contributed by atoms with van der Waals surface area (Å²) in [7, 11) is 0. The fourth-order valence-corrected chi connectivity index (χ4v) is 1.12. The maximum Gasteiger partial charge on any atom is 0.325 e. The normalized spacial score (nSPS) is 13.8. The molecule has 0 radical (unpaired) electrons. The number of ether oxygens (including phenoxy) is 2. The Morgan fingerprint density at radius 1 is 0.889 bits per heavy atom. The molecule has 0 amide bonds. The minimum atomic E-state index is -1.17. The van der Waals surface area contributed by atoms with Crippen LogP contribution in [0.4, 0.5) is 0 Å². The van der Waals surface area contributed by atoms with Crippen LogP contribution >= 0.6 is 0 Å². The first-order chi connectivity index (χ1) is 8.54. The van der Waals surface area contributed by atoms with Crippen molar-refractivity contribution in [3.63, 3.8) is 0 Å². The highest BCUT2D eigenvalue weighted by Gasteiger charge is 2.29. The quantitative estimate of drug-likeness (QED) is 0.457. The highest BCUT2D eigenvalue weighted by molar-refractivity contribution is 5.86. The monoisotopic (exact) mass is 260 g/mol. The van der Waals surface area contributed by atoms with Crippen LogP contribution in [-0.2, 0) is 19.1 Å². The molecule has 0 aliphatic carbocycles. The van der Waals surface area contributed by atoms with E-state index in [2.05, 4.69) is 0 Å². The Bertz CT molecular complexity index is 232. The number of carbonyl (C=O) groups is 2. The second kappa shape index (κ2) is 9.85. The number of hydrogen-bond acceptors (Lipinski definition) is 6. The number of hydrogen-bond donors (Lipinski definition) is 2. The third-order valence-corrected chi connectivity index (χ3v) is 2.42. The molecule has 0 aromatic carbocycles. The fraction of sp³-hybridized carbons (Fsp3) is 0.833. The van der Waals surface area contributed by atoms with E-state index >= 15 is 0 Å². The van der Waals surface area contributed by atoms with Crippen LogP contribution in [0, 0.1) is 0 Å². The summed E-state index contributed by atoms with van der Waals surface area (Å²) in [5.41, 5.74) is 11.1. The molecule has 0 heterocycles. The van der Waals surface area contributed by atoms with Gasteiger partial charge >= 0.3 is 11.9 Å². The zero-order valence-electron chi connectivity index (χ0n) is 11.2. The molecule has 106 valence electrons. The van der Waals surface area contributed by atoms with Gasteiger partial charge in [-0.15, -0.1) is 0 Å². The van der Waals surface area contributed by atoms with Gasteiger partial charge in [0.2, 0.25) is 0 Å². The van der Waals surface area contributed by atoms with Crippen LogP contribution in [0.1, 0.15) is 39.5 Å². The van der Waals surface area contributed by atoms with E-state index in [1.165, 1.54) is 0 Å². The first kappa shape index (κ1) is 16.9. The van der Waals surface area contributed by atoms with Gasteiger partial charge < -0.3 is 20.9 Å². The first-order valence-corrected chi connectivity index (χ1v) is 6.39. The second-order valence-corrected chi connectivity index (χ2v) is 4.09. The average Bonchev–Trinajstić information content (AvgIpc) is 2.37. The number of unbranched alkanes of at least 4 members (excludes halogenated alkanes) is 2. The Morgan fingerprint density at radius 3 is 1.50 bits per heavy atom. The Kier molecular flexibility index (Phi) is 9.22.